The Bertz CT molecular complexity index is 624. The summed E-state index contributed by atoms with van der Waals surface area (Å²) in [5.74, 6) is -2.15. The van der Waals surface area contributed by atoms with Crippen LogP contribution in [0.4, 0.5) is 8.78 Å². The van der Waals surface area contributed by atoms with Crippen molar-refractivity contribution in [2.24, 2.45) is 0 Å². The average Bonchev–Trinajstić information content (AvgIpc) is 2.94. The first kappa shape index (κ1) is 20.0. The lowest BCUT2D eigenvalue weighted by atomic mass is 9.87. The standard InChI is InChI=1S/C10H12F2O.C6H12N4O/c1-10(2,3)6-4-7(11)9(13)8(12)5-6;1-6(2,3)11-4-5-7-9-10-8-5/h4-5,13H,1-3H3;4H2,1-3H3,(H,7,8,9,10). The molecule has 8 heteroatoms. The molecule has 0 fully saturated rings. The summed E-state index contributed by atoms with van der Waals surface area (Å²) in [5, 5.41) is 22.1. The highest BCUT2D eigenvalue weighted by Gasteiger charge is 2.18. The van der Waals surface area contributed by atoms with E-state index >= 15 is 0 Å². The van der Waals surface area contributed by atoms with Crippen LogP contribution in [0.25, 0.3) is 0 Å². The van der Waals surface area contributed by atoms with E-state index in [9.17, 15) is 8.78 Å². The molecule has 24 heavy (non-hydrogen) atoms. The number of benzene rings is 1. The second-order valence-corrected chi connectivity index (χ2v) is 7.27. The monoisotopic (exact) mass is 342 g/mol. The highest BCUT2D eigenvalue weighted by atomic mass is 19.1. The van der Waals surface area contributed by atoms with E-state index in [-0.39, 0.29) is 11.0 Å². The number of nitrogens with zero attached hydrogens (tertiary/aromatic N) is 3. The molecule has 1 aromatic heterocycles. The molecule has 0 saturated heterocycles. The van der Waals surface area contributed by atoms with Crippen molar-refractivity contribution in [1.82, 2.24) is 20.6 Å². The highest BCUT2D eigenvalue weighted by molar-refractivity contribution is 5.33. The maximum absolute atomic E-state index is 12.9. The van der Waals surface area contributed by atoms with Crippen molar-refractivity contribution < 1.29 is 18.6 Å². The minimum Gasteiger partial charge on any atom is -0.503 e. The molecular formula is C16H24F2N4O2. The molecule has 134 valence electrons. The number of hydrogen-bond acceptors (Lipinski definition) is 5. The lowest BCUT2D eigenvalue weighted by molar-refractivity contribution is -0.0181. The van der Waals surface area contributed by atoms with Crippen LogP contribution >= 0.6 is 0 Å². The van der Waals surface area contributed by atoms with Crippen LogP contribution in [0.2, 0.25) is 0 Å². The van der Waals surface area contributed by atoms with Crippen molar-refractivity contribution in [2.75, 3.05) is 0 Å². The van der Waals surface area contributed by atoms with Gasteiger partial charge in [-0.2, -0.15) is 5.21 Å². The van der Waals surface area contributed by atoms with Gasteiger partial charge in [-0.3, -0.25) is 0 Å². The summed E-state index contributed by atoms with van der Waals surface area (Å²) >= 11 is 0. The number of rotatable bonds is 2. The van der Waals surface area contributed by atoms with Crippen LogP contribution in [0, 0.1) is 11.6 Å². The van der Waals surface area contributed by atoms with Gasteiger partial charge in [-0.05, 0) is 43.9 Å². The summed E-state index contributed by atoms with van der Waals surface area (Å²) in [6.45, 7) is 11.9. The number of ether oxygens (including phenoxy) is 1. The number of phenolic OH excluding ortho intramolecular Hbond substituents is 1. The van der Waals surface area contributed by atoms with E-state index < -0.39 is 17.4 Å². The molecule has 0 aliphatic heterocycles. The van der Waals surface area contributed by atoms with Gasteiger partial charge in [0.2, 0.25) is 0 Å². The maximum atomic E-state index is 12.9. The summed E-state index contributed by atoms with van der Waals surface area (Å²) in [5.41, 5.74) is 0.0519. The van der Waals surface area contributed by atoms with Gasteiger partial charge in [-0.15, -0.1) is 10.2 Å². The molecule has 0 saturated carbocycles. The van der Waals surface area contributed by atoms with Crippen LogP contribution in [-0.2, 0) is 16.8 Å². The number of aromatic hydroxyl groups is 1. The first-order valence-electron chi connectivity index (χ1n) is 7.45. The van der Waals surface area contributed by atoms with Gasteiger partial charge in [-0.1, -0.05) is 26.0 Å². The zero-order valence-corrected chi connectivity index (χ0v) is 14.8. The first-order valence-corrected chi connectivity index (χ1v) is 7.45. The van der Waals surface area contributed by atoms with E-state index in [0.717, 1.165) is 12.1 Å². The van der Waals surface area contributed by atoms with Gasteiger partial charge in [0.1, 0.15) is 6.61 Å². The lowest BCUT2D eigenvalue weighted by Gasteiger charge is -2.19. The summed E-state index contributed by atoms with van der Waals surface area (Å²) in [6, 6.07) is 2.30. The van der Waals surface area contributed by atoms with Crippen LogP contribution in [-0.4, -0.2) is 31.3 Å². The molecule has 1 heterocycles. The third-order valence-electron chi connectivity index (χ3n) is 2.91. The van der Waals surface area contributed by atoms with Gasteiger partial charge >= 0.3 is 0 Å². The van der Waals surface area contributed by atoms with E-state index in [2.05, 4.69) is 20.6 Å². The number of phenols is 1. The Morgan fingerprint density at radius 3 is 2.00 bits per heavy atom. The van der Waals surface area contributed by atoms with E-state index in [4.69, 9.17) is 9.84 Å². The third kappa shape index (κ3) is 6.57. The van der Waals surface area contributed by atoms with Gasteiger partial charge in [0.05, 0.1) is 5.60 Å². The number of halogens is 2. The number of hydrogen-bond donors (Lipinski definition) is 2. The second-order valence-electron chi connectivity index (χ2n) is 7.27. The number of nitrogens with one attached hydrogen (secondary N) is 1. The summed E-state index contributed by atoms with van der Waals surface area (Å²) < 4.78 is 31.1. The first-order chi connectivity index (χ1) is 10.9. The van der Waals surface area contributed by atoms with E-state index in [1.165, 1.54) is 0 Å². The molecule has 0 atom stereocenters. The lowest BCUT2D eigenvalue weighted by Crippen LogP contribution is -2.19. The van der Waals surface area contributed by atoms with Crippen molar-refractivity contribution in [1.29, 1.82) is 0 Å². The van der Waals surface area contributed by atoms with Crippen LogP contribution < -0.4 is 0 Å². The Kier molecular flexibility index (Phi) is 6.36. The van der Waals surface area contributed by atoms with Crippen LogP contribution in [0.3, 0.4) is 0 Å². The quantitative estimate of drug-likeness (QED) is 0.873. The minimum absolute atomic E-state index is 0.152. The van der Waals surface area contributed by atoms with Gasteiger partial charge in [0.15, 0.2) is 23.2 Å². The predicted octanol–water partition coefficient (Wildman–Crippen LogP) is 3.48. The Morgan fingerprint density at radius 1 is 1.08 bits per heavy atom. The van der Waals surface area contributed by atoms with Gasteiger partial charge in [0.25, 0.3) is 0 Å². The van der Waals surface area contributed by atoms with Gasteiger partial charge in [-0.25, -0.2) is 8.78 Å². The van der Waals surface area contributed by atoms with Gasteiger partial charge in [0, 0.05) is 0 Å². The number of aromatic nitrogens is 4. The fourth-order valence-electron chi connectivity index (χ4n) is 1.52. The fourth-order valence-corrected chi connectivity index (χ4v) is 1.52. The predicted molar refractivity (Wildman–Crippen MR) is 85.4 cm³/mol. The van der Waals surface area contributed by atoms with E-state index in [1.807, 2.05) is 41.5 Å². The SMILES string of the molecule is CC(C)(C)OCc1nn[nH]n1.CC(C)(C)c1cc(F)c(O)c(F)c1. The topological polar surface area (TPSA) is 83.9 Å². The summed E-state index contributed by atoms with van der Waals surface area (Å²) in [7, 11) is 0. The van der Waals surface area contributed by atoms with Crippen molar-refractivity contribution in [2.45, 2.75) is 59.2 Å². The van der Waals surface area contributed by atoms with Crippen molar-refractivity contribution in [3.05, 3.63) is 35.2 Å². The summed E-state index contributed by atoms with van der Waals surface area (Å²) in [4.78, 5) is 0. The number of aromatic amines is 1. The largest absolute Gasteiger partial charge is 0.503 e. The van der Waals surface area contributed by atoms with Crippen molar-refractivity contribution in [3.63, 3.8) is 0 Å². The van der Waals surface area contributed by atoms with Gasteiger partial charge < -0.3 is 9.84 Å². The Hall–Kier alpha value is -2.09. The molecule has 2 N–H and O–H groups in total. The smallest absolute Gasteiger partial charge is 0.200 e. The molecule has 0 aliphatic carbocycles. The number of tetrazole rings is 1. The molecule has 1 aromatic carbocycles. The van der Waals surface area contributed by atoms with Crippen LogP contribution in [0.15, 0.2) is 12.1 Å². The van der Waals surface area contributed by atoms with Crippen LogP contribution in [0.5, 0.6) is 5.75 Å². The van der Waals surface area contributed by atoms with Crippen LogP contribution in [0.1, 0.15) is 52.9 Å². The zero-order chi connectivity index (χ0) is 18.5. The highest BCUT2D eigenvalue weighted by Crippen LogP contribution is 2.28. The fraction of sp³-hybridized carbons (Fsp3) is 0.562. The Labute approximate surface area is 140 Å². The molecule has 0 unspecified atom stereocenters. The molecule has 2 rings (SSSR count). The third-order valence-corrected chi connectivity index (χ3v) is 2.91. The Morgan fingerprint density at radius 2 is 1.62 bits per heavy atom. The molecule has 0 amide bonds. The molecular weight excluding hydrogens is 318 g/mol. The zero-order valence-electron chi connectivity index (χ0n) is 14.8. The molecule has 0 bridgehead atoms. The van der Waals surface area contributed by atoms with E-state index in [1.54, 1.807) is 0 Å². The van der Waals surface area contributed by atoms with Crippen molar-refractivity contribution >= 4 is 0 Å². The normalized spacial score (nSPS) is 11.8. The molecule has 0 aliphatic rings. The Balaban J connectivity index is 0.000000243. The van der Waals surface area contributed by atoms with Crippen molar-refractivity contribution in [3.8, 4) is 5.75 Å². The second kappa shape index (κ2) is 7.65. The average molecular weight is 342 g/mol. The maximum Gasteiger partial charge on any atom is 0.200 e. The molecule has 6 nitrogen and oxygen atoms in total. The van der Waals surface area contributed by atoms with E-state index in [0.29, 0.717) is 18.0 Å². The summed E-state index contributed by atoms with van der Waals surface area (Å²) in [6.07, 6.45) is 0. The molecule has 0 spiro atoms. The number of H-pyrrole nitrogens is 1. The minimum atomic E-state index is -0.912. The molecule has 0 radical (unpaired) electrons. The molecule has 2 aromatic rings.